The third-order valence-corrected chi connectivity index (χ3v) is 5.44. The fourth-order valence-corrected chi connectivity index (χ4v) is 3.64. The van der Waals surface area contributed by atoms with Gasteiger partial charge in [0, 0.05) is 11.9 Å². The highest BCUT2D eigenvalue weighted by Crippen LogP contribution is 2.37. The van der Waals surface area contributed by atoms with E-state index in [2.05, 4.69) is 26.2 Å². The van der Waals surface area contributed by atoms with Crippen molar-refractivity contribution in [2.24, 2.45) is 5.41 Å². The van der Waals surface area contributed by atoms with Gasteiger partial charge in [0.05, 0.1) is 11.7 Å². The van der Waals surface area contributed by atoms with Gasteiger partial charge in [-0.05, 0) is 18.3 Å². The fourth-order valence-electron chi connectivity index (χ4n) is 2.34. The highest BCUT2D eigenvalue weighted by atomic mass is 79.9. The number of rotatable bonds is 4. The van der Waals surface area contributed by atoms with Crippen LogP contribution < -0.4 is 5.32 Å². The summed E-state index contributed by atoms with van der Waals surface area (Å²) in [6.07, 6.45) is 7.94. The van der Waals surface area contributed by atoms with Gasteiger partial charge in [-0.25, -0.2) is 0 Å². The molecular weight excluding hydrogens is 300 g/mol. The average molecular weight is 317 g/mol. The summed E-state index contributed by atoms with van der Waals surface area (Å²) in [7, 11) is 0. The Morgan fingerprint density at radius 2 is 2.24 bits per heavy atom. The number of alkyl halides is 1. The lowest BCUT2D eigenvalue weighted by molar-refractivity contribution is 0.0926. The number of nitrogens with one attached hydrogen (secondary N) is 1. The summed E-state index contributed by atoms with van der Waals surface area (Å²) in [5.74, 6) is 0.0124. The molecule has 1 amide bonds. The molecule has 1 aliphatic rings. The molecule has 1 saturated carbocycles. The minimum absolute atomic E-state index is 0.0124. The van der Waals surface area contributed by atoms with E-state index >= 15 is 0 Å². The van der Waals surface area contributed by atoms with Gasteiger partial charge >= 0.3 is 0 Å². The van der Waals surface area contributed by atoms with Crippen molar-refractivity contribution in [2.45, 2.75) is 32.1 Å². The van der Waals surface area contributed by atoms with Gasteiger partial charge in [0.15, 0.2) is 0 Å². The molecular formula is C12H17BrN2OS. The number of amides is 1. The van der Waals surface area contributed by atoms with E-state index in [9.17, 15) is 4.79 Å². The van der Waals surface area contributed by atoms with E-state index < -0.39 is 0 Å². The van der Waals surface area contributed by atoms with Crippen LogP contribution in [0.25, 0.3) is 0 Å². The molecule has 1 aromatic rings. The van der Waals surface area contributed by atoms with Crippen LogP contribution in [0.4, 0.5) is 0 Å². The molecule has 0 bridgehead atoms. The lowest BCUT2D eigenvalue weighted by Gasteiger charge is -2.35. The van der Waals surface area contributed by atoms with E-state index in [1.807, 2.05) is 0 Å². The molecule has 1 heterocycles. The Labute approximate surface area is 114 Å². The lowest BCUT2D eigenvalue weighted by atomic mass is 9.75. The largest absolute Gasteiger partial charge is 0.351 e. The molecule has 0 unspecified atom stereocenters. The predicted molar refractivity (Wildman–Crippen MR) is 73.8 cm³/mol. The van der Waals surface area contributed by atoms with Crippen molar-refractivity contribution in [3.05, 3.63) is 16.6 Å². The van der Waals surface area contributed by atoms with Gasteiger partial charge in [-0.3, -0.25) is 9.78 Å². The van der Waals surface area contributed by atoms with Gasteiger partial charge in [-0.2, -0.15) is 0 Å². The Hall–Kier alpha value is -0.420. The van der Waals surface area contributed by atoms with Crippen molar-refractivity contribution < 1.29 is 4.79 Å². The summed E-state index contributed by atoms with van der Waals surface area (Å²) in [5.41, 5.74) is 1.95. The Morgan fingerprint density at radius 1 is 1.47 bits per heavy atom. The van der Waals surface area contributed by atoms with E-state index in [1.54, 1.807) is 11.7 Å². The monoisotopic (exact) mass is 316 g/mol. The minimum Gasteiger partial charge on any atom is -0.351 e. The quantitative estimate of drug-likeness (QED) is 0.867. The molecule has 0 aliphatic heterocycles. The Kier molecular flexibility index (Phi) is 4.56. The van der Waals surface area contributed by atoms with E-state index in [-0.39, 0.29) is 11.3 Å². The van der Waals surface area contributed by atoms with E-state index in [4.69, 9.17) is 0 Å². The number of hydrogen-bond donors (Lipinski definition) is 1. The number of nitrogens with zero attached hydrogens (tertiary/aromatic N) is 1. The van der Waals surface area contributed by atoms with Crippen LogP contribution in [-0.2, 0) is 0 Å². The van der Waals surface area contributed by atoms with Crippen LogP contribution in [0, 0.1) is 5.41 Å². The molecule has 1 aliphatic carbocycles. The van der Waals surface area contributed by atoms with Crippen LogP contribution in [0.1, 0.15) is 41.8 Å². The van der Waals surface area contributed by atoms with Gasteiger partial charge in [-0.15, -0.1) is 11.3 Å². The number of carbonyl (C=O) groups excluding carboxylic acids is 1. The Bertz CT molecular complexity index is 361. The summed E-state index contributed by atoms with van der Waals surface area (Å²) in [5, 5.41) is 4.02. The highest BCUT2D eigenvalue weighted by molar-refractivity contribution is 9.09. The molecule has 0 aromatic carbocycles. The summed E-state index contributed by atoms with van der Waals surface area (Å²) in [4.78, 5) is 16.5. The normalized spacial score (nSPS) is 18.9. The molecule has 94 valence electrons. The molecule has 0 atom stereocenters. The Morgan fingerprint density at radius 3 is 2.82 bits per heavy atom. The fraction of sp³-hybridized carbons (Fsp3) is 0.667. The van der Waals surface area contributed by atoms with Crippen LogP contribution in [-0.4, -0.2) is 22.8 Å². The van der Waals surface area contributed by atoms with Crippen molar-refractivity contribution in [1.82, 2.24) is 10.3 Å². The first-order valence-electron chi connectivity index (χ1n) is 5.98. The molecule has 17 heavy (non-hydrogen) atoms. The number of hydrogen-bond acceptors (Lipinski definition) is 3. The van der Waals surface area contributed by atoms with Crippen LogP contribution in [0.15, 0.2) is 11.7 Å². The van der Waals surface area contributed by atoms with Crippen LogP contribution >= 0.6 is 27.3 Å². The maximum Gasteiger partial charge on any atom is 0.263 e. The Balaban J connectivity index is 1.89. The van der Waals surface area contributed by atoms with Gasteiger partial charge < -0.3 is 5.32 Å². The van der Waals surface area contributed by atoms with Gasteiger partial charge in [0.1, 0.15) is 4.88 Å². The van der Waals surface area contributed by atoms with Gasteiger partial charge in [0.25, 0.3) is 5.91 Å². The first-order valence-corrected chi connectivity index (χ1v) is 7.99. The topological polar surface area (TPSA) is 42.0 Å². The highest BCUT2D eigenvalue weighted by Gasteiger charge is 2.31. The molecule has 0 spiro atoms. The molecule has 2 rings (SSSR count). The first kappa shape index (κ1) is 13.0. The SMILES string of the molecule is O=C(NCC1(CBr)CCCCC1)c1cncs1. The molecule has 0 saturated heterocycles. The van der Waals surface area contributed by atoms with Gasteiger partial charge in [0.2, 0.25) is 0 Å². The molecule has 1 fully saturated rings. The molecule has 3 nitrogen and oxygen atoms in total. The summed E-state index contributed by atoms with van der Waals surface area (Å²) in [6, 6.07) is 0. The third-order valence-electron chi connectivity index (χ3n) is 3.48. The summed E-state index contributed by atoms with van der Waals surface area (Å²) < 4.78 is 0. The second-order valence-corrected chi connectivity index (χ2v) is 6.19. The maximum absolute atomic E-state index is 11.9. The zero-order valence-electron chi connectivity index (χ0n) is 9.75. The van der Waals surface area contributed by atoms with Crippen LogP contribution in [0.5, 0.6) is 0 Å². The summed E-state index contributed by atoms with van der Waals surface area (Å²) in [6.45, 7) is 0.773. The lowest BCUT2D eigenvalue weighted by Crippen LogP contribution is -2.40. The molecule has 1 aromatic heterocycles. The first-order chi connectivity index (χ1) is 8.26. The molecule has 0 radical (unpaired) electrons. The standard InChI is InChI=1S/C12H17BrN2OS/c13-7-12(4-2-1-3-5-12)8-15-11(16)10-6-14-9-17-10/h6,9H,1-5,7-8H2,(H,15,16). The minimum atomic E-state index is 0.0124. The van der Waals surface area contributed by atoms with Crippen LogP contribution in [0.2, 0.25) is 0 Å². The van der Waals surface area contributed by atoms with Crippen molar-refractivity contribution in [2.75, 3.05) is 11.9 Å². The average Bonchev–Trinajstić information content (AvgIpc) is 2.91. The van der Waals surface area contributed by atoms with E-state index in [0.29, 0.717) is 4.88 Å². The van der Waals surface area contributed by atoms with Crippen molar-refractivity contribution in [1.29, 1.82) is 0 Å². The number of thiazole rings is 1. The number of halogens is 1. The van der Waals surface area contributed by atoms with Crippen molar-refractivity contribution >= 4 is 33.2 Å². The second-order valence-electron chi connectivity index (χ2n) is 4.74. The number of carbonyl (C=O) groups is 1. The van der Waals surface area contributed by atoms with Crippen molar-refractivity contribution in [3.63, 3.8) is 0 Å². The summed E-state index contributed by atoms with van der Waals surface area (Å²) >= 11 is 5.00. The smallest absolute Gasteiger partial charge is 0.263 e. The molecule has 5 heteroatoms. The predicted octanol–water partition coefficient (Wildman–Crippen LogP) is 3.22. The van der Waals surface area contributed by atoms with E-state index in [1.165, 1.54) is 43.4 Å². The van der Waals surface area contributed by atoms with E-state index in [0.717, 1.165) is 11.9 Å². The van der Waals surface area contributed by atoms with Crippen LogP contribution in [0.3, 0.4) is 0 Å². The number of aromatic nitrogens is 1. The molecule has 1 N–H and O–H groups in total. The maximum atomic E-state index is 11.9. The van der Waals surface area contributed by atoms with Crippen molar-refractivity contribution in [3.8, 4) is 0 Å². The zero-order chi connectivity index (χ0) is 12.1. The zero-order valence-corrected chi connectivity index (χ0v) is 12.1. The third kappa shape index (κ3) is 3.28. The van der Waals surface area contributed by atoms with Gasteiger partial charge in [-0.1, -0.05) is 35.2 Å². The second kappa shape index (κ2) is 5.96.